The van der Waals surface area contributed by atoms with Crippen LogP contribution in [-0.4, -0.2) is 38.6 Å². The third kappa shape index (κ3) is 3.52. The van der Waals surface area contributed by atoms with Crippen molar-refractivity contribution in [2.75, 3.05) is 12.4 Å². The lowest BCUT2D eigenvalue weighted by Gasteiger charge is -2.08. The second-order valence-corrected chi connectivity index (χ2v) is 5.00. The molecule has 0 radical (unpaired) electrons. The molecule has 0 aliphatic rings. The van der Waals surface area contributed by atoms with Crippen molar-refractivity contribution in [2.45, 2.75) is 0 Å². The maximum atomic E-state index is 11.7. The Balaban J connectivity index is 2.42. The number of tetrazole rings is 1. The minimum Gasteiger partial charge on any atom is -0.465 e. The Morgan fingerprint density at radius 1 is 1.58 bits per heavy atom. The van der Waals surface area contributed by atoms with E-state index in [1.807, 2.05) is 6.07 Å². The van der Waals surface area contributed by atoms with E-state index >= 15 is 0 Å². The third-order valence-electron chi connectivity index (χ3n) is 2.77. The Hall–Kier alpha value is -3.33. The molecule has 0 aliphatic heterocycles. The van der Waals surface area contributed by atoms with Gasteiger partial charge in [-0.3, -0.25) is 10.1 Å². The zero-order valence-corrected chi connectivity index (χ0v) is 13.6. The lowest BCUT2D eigenvalue weighted by molar-refractivity contribution is -0.385. The molecule has 1 aromatic carbocycles. The number of halogens is 1. The average Bonchev–Trinajstić information content (AvgIpc) is 3.09. The molecule has 0 atom stereocenters. The van der Waals surface area contributed by atoms with Crippen molar-refractivity contribution < 1.29 is 14.5 Å². The van der Waals surface area contributed by atoms with E-state index in [0.29, 0.717) is 10.2 Å². The number of hydrogen-bond acceptors (Lipinski definition) is 9. The van der Waals surface area contributed by atoms with Crippen LogP contribution in [0, 0.1) is 21.4 Å². The number of nitrogens with one attached hydrogen (secondary N) is 2. The molecule has 0 amide bonds. The normalized spacial score (nSPS) is 10.8. The van der Waals surface area contributed by atoms with Gasteiger partial charge in [-0.1, -0.05) is 0 Å². The molecule has 0 spiro atoms. The highest BCUT2D eigenvalue weighted by atomic mass is 79.9. The van der Waals surface area contributed by atoms with Crippen molar-refractivity contribution in [3.63, 3.8) is 0 Å². The number of carbonyl (C=O) groups excluding carboxylic acids is 1. The molecule has 0 saturated carbocycles. The first-order valence-corrected chi connectivity index (χ1v) is 6.94. The molecule has 0 saturated heterocycles. The van der Waals surface area contributed by atoms with Crippen molar-refractivity contribution in [3.05, 3.63) is 44.3 Å². The molecule has 0 aliphatic carbocycles. The molecule has 1 aromatic heterocycles. The number of nitrogens with zero attached hydrogens (tertiary/aromatic N) is 5. The maximum Gasteiger partial charge on any atom is 0.344 e. The molecule has 0 unspecified atom stereocenters. The summed E-state index contributed by atoms with van der Waals surface area (Å²) in [5, 5.41) is 35.8. The zero-order valence-electron chi connectivity index (χ0n) is 12.0. The number of hydrogen-bond donors (Lipinski definition) is 2. The van der Waals surface area contributed by atoms with Gasteiger partial charge >= 0.3 is 5.97 Å². The van der Waals surface area contributed by atoms with E-state index in [-0.39, 0.29) is 17.0 Å². The highest BCUT2D eigenvalue weighted by Crippen LogP contribution is 2.32. The van der Waals surface area contributed by atoms with Crippen molar-refractivity contribution in [1.29, 1.82) is 5.26 Å². The largest absolute Gasteiger partial charge is 0.465 e. The zero-order chi connectivity index (χ0) is 17.7. The van der Waals surface area contributed by atoms with Crippen LogP contribution in [0.25, 0.3) is 5.57 Å². The van der Waals surface area contributed by atoms with Crippen LogP contribution in [-0.2, 0) is 4.74 Å². The minimum atomic E-state index is -0.861. The van der Waals surface area contributed by atoms with Crippen LogP contribution in [0.2, 0.25) is 0 Å². The standard InChI is InChI=1S/C12H8BrN7O4/c1-24-12(21)7-2-9(8(13)3-10(7)20(22)23)15-5-6(4-14)11-16-18-19-17-11/h2-3,5,15H,1H3,(H,16,17,18,19). The Bertz CT molecular complexity index is 857. The quantitative estimate of drug-likeness (QED) is 0.332. The number of allylic oxidation sites excluding steroid dienone is 1. The van der Waals surface area contributed by atoms with Crippen LogP contribution < -0.4 is 5.32 Å². The number of ether oxygens (including phenoxy) is 1. The predicted octanol–water partition coefficient (Wildman–Crippen LogP) is 1.63. The Morgan fingerprint density at radius 3 is 2.88 bits per heavy atom. The lowest BCUT2D eigenvalue weighted by atomic mass is 10.1. The molecule has 2 rings (SSSR count). The number of esters is 1. The summed E-state index contributed by atoms with van der Waals surface area (Å²) in [6.45, 7) is 0. The Kier molecular flexibility index (Phi) is 5.17. The number of methoxy groups -OCH3 is 1. The number of H-pyrrole nitrogens is 1. The molecule has 11 nitrogen and oxygen atoms in total. The van der Waals surface area contributed by atoms with E-state index in [2.05, 4.69) is 46.6 Å². The molecule has 2 aromatic rings. The summed E-state index contributed by atoms with van der Waals surface area (Å²) in [7, 11) is 1.12. The van der Waals surface area contributed by atoms with Crippen LogP contribution in [0.15, 0.2) is 22.8 Å². The van der Waals surface area contributed by atoms with Gasteiger partial charge < -0.3 is 10.1 Å². The topological polar surface area (TPSA) is 160 Å². The van der Waals surface area contributed by atoms with Crippen molar-refractivity contribution in [3.8, 4) is 6.07 Å². The predicted molar refractivity (Wildman–Crippen MR) is 83.5 cm³/mol. The molecule has 0 bridgehead atoms. The number of aromatic amines is 1. The Morgan fingerprint density at radius 2 is 2.33 bits per heavy atom. The minimum absolute atomic E-state index is 0.0635. The fourth-order valence-corrected chi connectivity index (χ4v) is 2.12. The molecular formula is C12H8BrN7O4. The van der Waals surface area contributed by atoms with Crippen molar-refractivity contribution >= 4 is 38.8 Å². The SMILES string of the molecule is COC(=O)c1cc(NC=C(C#N)c2nn[nH]n2)c(Br)cc1[N+](=O)[O-]. The van der Waals surface area contributed by atoms with E-state index in [1.165, 1.54) is 12.3 Å². The molecule has 2 N–H and O–H groups in total. The van der Waals surface area contributed by atoms with Gasteiger partial charge in [0.25, 0.3) is 5.69 Å². The maximum absolute atomic E-state index is 11.7. The number of nitro benzene ring substituents is 1. The van der Waals surface area contributed by atoms with Crippen molar-refractivity contribution in [2.24, 2.45) is 0 Å². The van der Waals surface area contributed by atoms with Crippen LogP contribution >= 0.6 is 15.9 Å². The summed E-state index contributed by atoms with van der Waals surface area (Å²) in [6.07, 6.45) is 1.28. The number of carbonyl (C=O) groups is 1. The first kappa shape index (κ1) is 17.0. The van der Waals surface area contributed by atoms with Crippen molar-refractivity contribution in [1.82, 2.24) is 20.6 Å². The number of nitro groups is 1. The first-order valence-electron chi connectivity index (χ1n) is 6.14. The van der Waals surface area contributed by atoms with Gasteiger partial charge in [0.2, 0.25) is 5.82 Å². The van der Waals surface area contributed by atoms with Gasteiger partial charge in [0.15, 0.2) is 0 Å². The van der Waals surface area contributed by atoms with Crippen LogP contribution in [0.5, 0.6) is 0 Å². The smallest absolute Gasteiger partial charge is 0.344 e. The third-order valence-corrected chi connectivity index (χ3v) is 3.42. The highest BCUT2D eigenvalue weighted by Gasteiger charge is 2.23. The van der Waals surface area contributed by atoms with E-state index in [0.717, 1.165) is 13.2 Å². The summed E-state index contributed by atoms with van der Waals surface area (Å²) >= 11 is 3.16. The molecule has 12 heteroatoms. The molecule has 122 valence electrons. The van der Waals surface area contributed by atoms with Gasteiger partial charge in [0.1, 0.15) is 17.2 Å². The number of nitriles is 1. The average molecular weight is 394 g/mol. The fourth-order valence-electron chi connectivity index (χ4n) is 1.67. The van der Waals surface area contributed by atoms with E-state index in [9.17, 15) is 14.9 Å². The van der Waals surface area contributed by atoms with Gasteiger partial charge in [-0.15, -0.1) is 10.2 Å². The van der Waals surface area contributed by atoms with Crippen LogP contribution in [0.3, 0.4) is 0 Å². The summed E-state index contributed by atoms with van der Waals surface area (Å²) < 4.78 is 4.85. The lowest BCUT2D eigenvalue weighted by Crippen LogP contribution is -2.07. The molecule has 1 heterocycles. The second kappa shape index (κ2) is 7.29. The first-order chi connectivity index (χ1) is 11.5. The summed E-state index contributed by atoms with van der Waals surface area (Å²) in [4.78, 5) is 22.1. The summed E-state index contributed by atoms with van der Waals surface area (Å²) in [5.74, 6) is -0.795. The molecule has 24 heavy (non-hydrogen) atoms. The van der Waals surface area contributed by atoms with E-state index in [1.54, 1.807) is 0 Å². The molecular weight excluding hydrogens is 386 g/mol. The van der Waals surface area contributed by atoms with Gasteiger partial charge in [-0.25, -0.2) is 4.79 Å². The monoisotopic (exact) mass is 393 g/mol. The molecule has 0 fully saturated rings. The summed E-state index contributed by atoms with van der Waals surface area (Å²) in [6, 6.07) is 4.26. The second-order valence-electron chi connectivity index (χ2n) is 4.15. The van der Waals surface area contributed by atoms with Gasteiger partial charge in [-0.2, -0.15) is 10.5 Å². The highest BCUT2D eigenvalue weighted by molar-refractivity contribution is 9.10. The van der Waals surface area contributed by atoms with Gasteiger partial charge in [0.05, 0.1) is 17.7 Å². The number of anilines is 1. The number of benzene rings is 1. The number of aromatic nitrogens is 4. The summed E-state index contributed by atoms with van der Waals surface area (Å²) in [5.41, 5.74) is -0.285. The number of rotatable bonds is 5. The van der Waals surface area contributed by atoms with Gasteiger partial charge in [-0.05, 0) is 27.2 Å². The fraction of sp³-hybridized carbons (Fsp3) is 0.0833. The van der Waals surface area contributed by atoms with Crippen LogP contribution in [0.1, 0.15) is 16.2 Å². The van der Waals surface area contributed by atoms with Gasteiger partial charge in [0, 0.05) is 16.7 Å². The van der Waals surface area contributed by atoms with E-state index < -0.39 is 16.6 Å². The Labute approximate surface area is 142 Å². The van der Waals surface area contributed by atoms with Crippen LogP contribution in [0.4, 0.5) is 11.4 Å². The van der Waals surface area contributed by atoms with E-state index in [4.69, 9.17) is 5.26 Å².